The van der Waals surface area contributed by atoms with Crippen molar-refractivity contribution in [2.75, 3.05) is 14.2 Å². The minimum absolute atomic E-state index is 0.575. The number of hydrogen-bond acceptors (Lipinski definition) is 8. The van der Waals surface area contributed by atoms with Crippen molar-refractivity contribution >= 4 is 16.3 Å². The van der Waals surface area contributed by atoms with Crippen LogP contribution in [0.4, 0.5) is 0 Å². The lowest BCUT2D eigenvalue weighted by molar-refractivity contribution is 0.354. The summed E-state index contributed by atoms with van der Waals surface area (Å²) in [7, 11) is 3.23. The number of nitrogens with zero attached hydrogens (tertiary/aromatic N) is 6. The van der Waals surface area contributed by atoms with Crippen LogP contribution in [0.25, 0.3) is 15.7 Å². The molecular weight excluding hydrogens is 340 g/mol. The van der Waals surface area contributed by atoms with Gasteiger partial charge in [0.1, 0.15) is 5.69 Å². The Hall–Kier alpha value is -3.07. The highest BCUT2D eigenvalue weighted by Gasteiger charge is 2.15. The zero-order chi connectivity index (χ0) is 17.2. The van der Waals surface area contributed by atoms with Crippen molar-refractivity contribution in [1.29, 1.82) is 0 Å². The molecule has 4 aromatic rings. The van der Waals surface area contributed by atoms with E-state index in [4.69, 9.17) is 9.47 Å². The van der Waals surface area contributed by atoms with Gasteiger partial charge in [-0.05, 0) is 17.7 Å². The zero-order valence-electron chi connectivity index (χ0n) is 13.6. The summed E-state index contributed by atoms with van der Waals surface area (Å²) < 4.78 is 12.4. The smallest absolute Gasteiger partial charge is 0.235 e. The fraction of sp³-hybridized carbons (Fsp3) is 0.188. The number of rotatable bonds is 5. The largest absolute Gasteiger partial charge is 0.493 e. The fourth-order valence-corrected chi connectivity index (χ4v) is 3.27. The van der Waals surface area contributed by atoms with Crippen LogP contribution in [0.5, 0.6) is 11.5 Å². The summed E-state index contributed by atoms with van der Waals surface area (Å²) in [5.74, 6) is 2.11. The van der Waals surface area contributed by atoms with Crippen LogP contribution in [0.2, 0.25) is 0 Å². The Balaban J connectivity index is 1.67. The molecular formula is C16H14N6O2S. The number of methoxy groups -OCH3 is 2. The van der Waals surface area contributed by atoms with Crippen molar-refractivity contribution in [2.45, 2.75) is 6.42 Å². The maximum absolute atomic E-state index is 5.35. The first-order valence-electron chi connectivity index (χ1n) is 7.47. The maximum Gasteiger partial charge on any atom is 0.235 e. The van der Waals surface area contributed by atoms with Gasteiger partial charge in [-0.25, -0.2) is 0 Å². The molecule has 8 nitrogen and oxygen atoms in total. The molecule has 1 aromatic carbocycles. The lowest BCUT2D eigenvalue weighted by atomic mass is 10.1. The molecule has 0 saturated carbocycles. The summed E-state index contributed by atoms with van der Waals surface area (Å²) in [6.07, 6.45) is 5.53. The van der Waals surface area contributed by atoms with Gasteiger partial charge in [0.05, 0.1) is 20.4 Å². The molecule has 0 aliphatic heterocycles. The molecule has 3 heterocycles. The lowest BCUT2D eigenvalue weighted by Crippen LogP contribution is -1.99. The molecule has 0 N–H and O–H groups in total. The van der Waals surface area contributed by atoms with Gasteiger partial charge in [0, 0.05) is 18.8 Å². The first kappa shape index (κ1) is 15.5. The Labute approximate surface area is 147 Å². The van der Waals surface area contributed by atoms with Crippen LogP contribution < -0.4 is 9.47 Å². The summed E-state index contributed by atoms with van der Waals surface area (Å²) in [6.45, 7) is 0. The third-order valence-corrected chi connectivity index (χ3v) is 4.57. The molecule has 0 aliphatic rings. The average Bonchev–Trinajstić information content (AvgIpc) is 3.24. The monoisotopic (exact) mass is 354 g/mol. The zero-order valence-corrected chi connectivity index (χ0v) is 14.4. The lowest BCUT2D eigenvalue weighted by Gasteiger charge is -2.08. The third kappa shape index (κ3) is 2.89. The van der Waals surface area contributed by atoms with Crippen LogP contribution in [0.3, 0.4) is 0 Å². The second-order valence-corrected chi connectivity index (χ2v) is 6.13. The second-order valence-electron chi connectivity index (χ2n) is 5.17. The molecule has 9 heteroatoms. The van der Waals surface area contributed by atoms with E-state index < -0.39 is 0 Å². The van der Waals surface area contributed by atoms with Gasteiger partial charge >= 0.3 is 0 Å². The van der Waals surface area contributed by atoms with E-state index in [0.29, 0.717) is 17.9 Å². The molecule has 0 unspecified atom stereocenters. The molecule has 25 heavy (non-hydrogen) atoms. The predicted molar refractivity (Wildman–Crippen MR) is 92.0 cm³/mol. The fourth-order valence-electron chi connectivity index (χ4n) is 2.45. The van der Waals surface area contributed by atoms with Gasteiger partial charge in [0.25, 0.3) is 0 Å². The molecule has 3 aromatic heterocycles. The molecule has 4 rings (SSSR count). The standard InChI is InChI=1S/C16H14N6O2S/c1-23-12-4-3-10(7-13(12)24-2)8-14-19-20-16-22(14)21-15(25-16)11-9-17-5-6-18-11/h3-7,9H,8H2,1-2H3. The van der Waals surface area contributed by atoms with Crippen molar-refractivity contribution in [1.82, 2.24) is 29.8 Å². The summed E-state index contributed by atoms with van der Waals surface area (Å²) in [5.41, 5.74) is 1.75. The molecule has 0 saturated heterocycles. The van der Waals surface area contributed by atoms with Gasteiger partial charge in [-0.3, -0.25) is 9.97 Å². The number of benzene rings is 1. The van der Waals surface area contributed by atoms with Gasteiger partial charge in [0.15, 0.2) is 22.3 Å². The van der Waals surface area contributed by atoms with E-state index in [1.165, 1.54) is 11.3 Å². The van der Waals surface area contributed by atoms with Crippen LogP contribution in [-0.2, 0) is 6.42 Å². The van der Waals surface area contributed by atoms with Gasteiger partial charge in [-0.15, -0.1) is 10.2 Å². The SMILES string of the molecule is COc1ccc(Cc2nnc3sc(-c4cnccn4)nn23)cc1OC. The van der Waals surface area contributed by atoms with Crippen molar-refractivity contribution in [2.24, 2.45) is 0 Å². The first-order valence-corrected chi connectivity index (χ1v) is 8.28. The van der Waals surface area contributed by atoms with Crippen LogP contribution in [0, 0.1) is 0 Å². The van der Waals surface area contributed by atoms with Gasteiger partial charge < -0.3 is 9.47 Å². The average molecular weight is 354 g/mol. The summed E-state index contributed by atoms with van der Waals surface area (Å²) in [6, 6.07) is 5.77. The Bertz CT molecular complexity index is 1010. The van der Waals surface area contributed by atoms with Crippen molar-refractivity contribution in [3.05, 3.63) is 48.2 Å². The summed E-state index contributed by atoms with van der Waals surface area (Å²) in [5, 5.41) is 13.8. The van der Waals surface area contributed by atoms with Gasteiger partial charge in [-0.2, -0.15) is 9.61 Å². The van der Waals surface area contributed by atoms with Crippen LogP contribution in [-0.4, -0.2) is 44.0 Å². The quantitative estimate of drug-likeness (QED) is 0.543. The molecule has 0 atom stereocenters. The molecule has 0 amide bonds. The van der Waals surface area contributed by atoms with Crippen LogP contribution in [0.1, 0.15) is 11.4 Å². The number of ether oxygens (including phenoxy) is 2. The predicted octanol–water partition coefficient (Wildman–Crippen LogP) is 2.25. The highest BCUT2D eigenvalue weighted by molar-refractivity contribution is 7.19. The van der Waals surface area contributed by atoms with Crippen molar-refractivity contribution in [3.63, 3.8) is 0 Å². The van der Waals surface area contributed by atoms with E-state index in [1.807, 2.05) is 18.2 Å². The topological polar surface area (TPSA) is 87.3 Å². The van der Waals surface area contributed by atoms with E-state index in [1.54, 1.807) is 37.3 Å². The molecule has 0 bridgehead atoms. The van der Waals surface area contributed by atoms with E-state index in [9.17, 15) is 0 Å². The highest BCUT2D eigenvalue weighted by Crippen LogP contribution is 2.29. The molecule has 0 spiro atoms. The van der Waals surface area contributed by atoms with Crippen molar-refractivity contribution in [3.8, 4) is 22.2 Å². The van der Waals surface area contributed by atoms with E-state index in [2.05, 4.69) is 25.3 Å². The Morgan fingerprint density at radius 1 is 1.08 bits per heavy atom. The van der Waals surface area contributed by atoms with E-state index >= 15 is 0 Å². The molecule has 126 valence electrons. The molecule has 0 aliphatic carbocycles. The van der Waals surface area contributed by atoms with E-state index in [0.717, 1.165) is 27.1 Å². The first-order chi connectivity index (χ1) is 12.3. The van der Waals surface area contributed by atoms with Crippen molar-refractivity contribution < 1.29 is 9.47 Å². The second kappa shape index (κ2) is 6.44. The third-order valence-electron chi connectivity index (χ3n) is 3.65. The normalized spacial score (nSPS) is 11.0. The number of fused-ring (bicyclic) bond motifs is 1. The van der Waals surface area contributed by atoms with Gasteiger partial charge in [-0.1, -0.05) is 17.4 Å². The van der Waals surface area contributed by atoms with Crippen LogP contribution in [0.15, 0.2) is 36.8 Å². The summed E-state index contributed by atoms with van der Waals surface area (Å²) in [4.78, 5) is 9.07. The number of aromatic nitrogens is 6. The van der Waals surface area contributed by atoms with Gasteiger partial charge in [0.2, 0.25) is 4.96 Å². The summed E-state index contributed by atoms with van der Waals surface area (Å²) >= 11 is 1.43. The highest BCUT2D eigenvalue weighted by atomic mass is 32.1. The minimum Gasteiger partial charge on any atom is -0.493 e. The maximum atomic E-state index is 5.35. The molecule has 0 fully saturated rings. The van der Waals surface area contributed by atoms with E-state index in [-0.39, 0.29) is 0 Å². The number of hydrogen-bond donors (Lipinski definition) is 0. The minimum atomic E-state index is 0.575. The molecule has 0 radical (unpaired) electrons. The Morgan fingerprint density at radius 3 is 2.72 bits per heavy atom. The van der Waals surface area contributed by atoms with Crippen LogP contribution >= 0.6 is 11.3 Å². The Morgan fingerprint density at radius 2 is 1.96 bits per heavy atom. The Kier molecular flexibility index (Phi) is 3.98.